The lowest BCUT2D eigenvalue weighted by molar-refractivity contribution is 0.375. The molecule has 0 saturated carbocycles. The second-order valence-electron chi connectivity index (χ2n) is 5.90. The first-order valence-corrected chi connectivity index (χ1v) is 8.75. The first-order valence-electron chi connectivity index (χ1n) is 7.94. The summed E-state index contributed by atoms with van der Waals surface area (Å²) in [6.07, 6.45) is 6.22. The van der Waals surface area contributed by atoms with Crippen LogP contribution in [0.15, 0.2) is 36.9 Å². The van der Waals surface area contributed by atoms with Crippen molar-refractivity contribution in [3.63, 3.8) is 0 Å². The fourth-order valence-electron chi connectivity index (χ4n) is 2.97. The van der Waals surface area contributed by atoms with E-state index in [9.17, 15) is 4.39 Å². The highest BCUT2D eigenvalue weighted by Crippen LogP contribution is 2.28. The number of anilines is 1. The first-order chi connectivity index (χ1) is 11.8. The number of piperidine rings is 1. The first kappa shape index (κ1) is 15.2. The van der Waals surface area contributed by atoms with Gasteiger partial charge in [-0.1, -0.05) is 23.5 Å². The van der Waals surface area contributed by atoms with Crippen molar-refractivity contribution in [2.75, 3.05) is 18.0 Å². The minimum atomic E-state index is -0.218. The van der Waals surface area contributed by atoms with Crippen LogP contribution in [0.1, 0.15) is 29.5 Å². The van der Waals surface area contributed by atoms with Gasteiger partial charge in [0.1, 0.15) is 23.5 Å². The van der Waals surface area contributed by atoms with Gasteiger partial charge in [-0.2, -0.15) is 5.10 Å². The van der Waals surface area contributed by atoms with Crippen molar-refractivity contribution in [3.05, 3.63) is 53.3 Å². The molecule has 124 valence electrons. The molecule has 1 aliphatic heterocycles. The normalized spacial score (nSPS) is 18.0. The SMILES string of the molecule is Fc1ccc(Cc2nnc(N3CCCC(n4cncn4)C3)s2)cc1. The largest absolute Gasteiger partial charge is 0.345 e. The van der Waals surface area contributed by atoms with Crippen LogP contribution in [0.5, 0.6) is 0 Å². The van der Waals surface area contributed by atoms with Gasteiger partial charge in [-0.15, -0.1) is 10.2 Å². The summed E-state index contributed by atoms with van der Waals surface area (Å²) in [5.74, 6) is -0.218. The van der Waals surface area contributed by atoms with E-state index in [1.54, 1.807) is 36.1 Å². The number of nitrogens with zero attached hydrogens (tertiary/aromatic N) is 6. The van der Waals surface area contributed by atoms with E-state index < -0.39 is 0 Å². The molecule has 3 heterocycles. The molecule has 0 aliphatic carbocycles. The van der Waals surface area contributed by atoms with E-state index in [0.717, 1.165) is 41.6 Å². The van der Waals surface area contributed by atoms with Crippen molar-refractivity contribution >= 4 is 16.5 Å². The molecule has 0 bridgehead atoms. The van der Waals surface area contributed by atoms with Gasteiger partial charge in [0.15, 0.2) is 0 Å². The van der Waals surface area contributed by atoms with Crippen LogP contribution >= 0.6 is 11.3 Å². The zero-order chi connectivity index (χ0) is 16.4. The smallest absolute Gasteiger partial charge is 0.208 e. The summed E-state index contributed by atoms with van der Waals surface area (Å²) in [5, 5.41) is 14.8. The Morgan fingerprint density at radius 1 is 1.21 bits per heavy atom. The molecular formula is C16H17FN6S. The second-order valence-corrected chi connectivity index (χ2v) is 6.94. The molecule has 0 spiro atoms. The molecule has 1 unspecified atom stereocenters. The van der Waals surface area contributed by atoms with E-state index in [-0.39, 0.29) is 5.82 Å². The predicted molar refractivity (Wildman–Crippen MR) is 89.6 cm³/mol. The summed E-state index contributed by atoms with van der Waals surface area (Å²) in [7, 11) is 0. The van der Waals surface area contributed by atoms with Gasteiger partial charge in [-0.05, 0) is 30.5 Å². The van der Waals surface area contributed by atoms with Crippen molar-refractivity contribution in [2.45, 2.75) is 25.3 Å². The highest BCUT2D eigenvalue weighted by molar-refractivity contribution is 7.15. The van der Waals surface area contributed by atoms with E-state index in [2.05, 4.69) is 25.2 Å². The fraction of sp³-hybridized carbons (Fsp3) is 0.375. The molecule has 6 nitrogen and oxygen atoms in total. The zero-order valence-electron chi connectivity index (χ0n) is 13.0. The number of hydrogen-bond acceptors (Lipinski definition) is 6. The Balaban J connectivity index is 1.45. The molecule has 24 heavy (non-hydrogen) atoms. The van der Waals surface area contributed by atoms with Gasteiger partial charge in [-0.25, -0.2) is 14.1 Å². The zero-order valence-corrected chi connectivity index (χ0v) is 13.9. The van der Waals surface area contributed by atoms with Gasteiger partial charge in [0.25, 0.3) is 0 Å². The Kier molecular flexibility index (Phi) is 4.20. The van der Waals surface area contributed by atoms with Crippen LogP contribution in [0.2, 0.25) is 0 Å². The van der Waals surface area contributed by atoms with Crippen LogP contribution in [0, 0.1) is 5.82 Å². The Morgan fingerprint density at radius 2 is 2.08 bits per heavy atom. The average molecular weight is 344 g/mol. The molecule has 1 aliphatic rings. The Morgan fingerprint density at radius 3 is 2.88 bits per heavy atom. The van der Waals surface area contributed by atoms with Crippen LogP contribution in [0.3, 0.4) is 0 Å². The highest BCUT2D eigenvalue weighted by Gasteiger charge is 2.24. The van der Waals surface area contributed by atoms with Crippen molar-refractivity contribution in [3.8, 4) is 0 Å². The second kappa shape index (κ2) is 6.64. The molecule has 1 atom stereocenters. The minimum absolute atomic E-state index is 0.218. The van der Waals surface area contributed by atoms with Gasteiger partial charge in [-0.3, -0.25) is 0 Å². The van der Waals surface area contributed by atoms with Crippen LogP contribution in [-0.2, 0) is 6.42 Å². The van der Waals surface area contributed by atoms with Crippen LogP contribution < -0.4 is 4.90 Å². The lowest BCUT2D eigenvalue weighted by Gasteiger charge is -2.31. The summed E-state index contributed by atoms with van der Waals surface area (Å²) >= 11 is 1.60. The maximum atomic E-state index is 13.0. The lowest BCUT2D eigenvalue weighted by atomic mass is 10.1. The Labute approximate surface area is 143 Å². The quantitative estimate of drug-likeness (QED) is 0.728. The lowest BCUT2D eigenvalue weighted by Crippen LogP contribution is -2.36. The Bertz CT molecular complexity index is 785. The minimum Gasteiger partial charge on any atom is -0.345 e. The van der Waals surface area contributed by atoms with Gasteiger partial charge in [0.2, 0.25) is 5.13 Å². The van der Waals surface area contributed by atoms with Crippen molar-refractivity contribution in [1.82, 2.24) is 25.0 Å². The van der Waals surface area contributed by atoms with Crippen LogP contribution in [0.4, 0.5) is 9.52 Å². The molecule has 1 aromatic carbocycles. The monoisotopic (exact) mass is 344 g/mol. The molecule has 8 heteroatoms. The third kappa shape index (κ3) is 3.28. The number of rotatable bonds is 4. The summed E-state index contributed by atoms with van der Waals surface area (Å²) < 4.78 is 14.9. The molecular weight excluding hydrogens is 327 g/mol. The van der Waals surface area contributed by atoms with Crippen LogP contribution in [-0.4, -0.2) is 38.1 Å². The maximum Gasteiger partial charge on any atom is 0.208 e. The van der Waals surface area contributed by atoms with Crippen molar-refractivity contribution in [2.24, 2.45) is 0 Å². The molecule has 0 N–H and O–H groups in total. The van der Waals surface area contributed by atoms with E-state index in [0.29, 0.717) is 12.5 Å². The number of hydrogen-bond donors (Lipinski definition) is 0. The molecule has 4 rings (SSSR count). The summed E-state index contributed by atoms with van der Waals surface area (Å²) in [6.45, 7) is 1.85. The molecule has 1 saturated heterocycles. The van der Waals surface area contributed by atoms with Crippen molar-refractivity contribution < 1.29 is 4.39 Å². The highest BCUT2D eigenvalue weighted by atomic mass is 32.1. The van der Waals surface area contributed by atoms with Crippen molar-refractivity contribution in [1.29, 1.82) is 0 Å². The average Bonchev–Trinajstić information content (AvgIpc) is 3.29. The van der Waals surface area contributed by atoms with E-state index in [1.807, 2.05) is 4.68 Å². The Hall–Kier alpha value is -2.35. The fourth-order valence-corrected chi connectivity index (χ4v) is 3.88. The summed E-state index contributed by atoms with van der Waals surface area (Å²) in [4.78, 5) is 6.30. The molecule has 2 aromatic heterocycles. The molecule has 3 aromatic rings. The van der Waals surface area contributed by atoms with Crippen LogP contribution in [0.25, 0.3) is 0 Å². The van der Waals surface area contributed by atoms with Gasteiger partial charge < -0.3 is 4.90 Å². The maximum absolute atomic E-state index is 13.0. The van der Waals surface area contributed by atoms with Gasteiger partial charge >= 0.3 is 0 Å². The molecule has 0 radical (unpaired) electrons. The van der Waals surface area contributed by atoms with Gasteiger partial charge in [0.05, 0.1) is 6.04 Å². The van der Waals surface area contributed by atoms with E-state index in [1.165, 1.54) is 12.1 Å². The number of aromatic nitrogens is 5. The summed E-state index contributed by atoms with van der Waals surface area (Å²) in [5.41, 5.74) is 1.04. The number of halogens is 1. The molecule has 1 fully saturated rings. The predicted octanol–water partition coefficient (Wildman–Crippen LogP) is 2.70. The summed E-state index contributed by atoms with van der Waals surface area (Å²) in [6, 6.07) is 6.86. The number of benzene rings is 1. The van der Waals surface area contributed by atoms with E-state index >= 15 is 0 Å². The van der Waals surface area contributed by atoms with Gasteiger partial charge in [0, 0.05) is 19.5 Å². The third-order valence-corrected chi connectivity index (χ3v) is 5.19. The molecule has 0 amide bonds. The standard InChI is InChI=1S/C16H17FN6S/c17-13-5-3-12(4-6-13)8-15-20-21-16(24-15)22-7-1-2-14(9-22)23-11-18-10-19-23/h3-6,10-11,14H,1-2,7-9H2. The topological polar surface area (TPSA) is 59.7 Å². The third-order valence-electron chi connectivity index (χ3n) is 4.20. The van der Waals surface area contributed by atoms with E-state index in [4.69, 9.17) is 0 Å².